The first-order valence-corrected chi connectivity index (χ1v) is 6.38. The van der Waals surface area contributed by atoms with Crippen LogP contribution in [0.15, 0.2) is 24.3 Å². The van der Waals surface area contributed by atoms with Crippen molar-refractivity contribution in [2.45, 2.75) is 44.2 Å². The van der Waals surface area contributed by atoms with Crippen LogP contribution in [0.3, 0.4) is 0 Å². The normalized spacial score (nSPS) is 29.0. The summed E-state index contributed by atoms with van der Waals surface area (Å²) in [5.41, 5.74) is 8.97. The number of anilines is 1. The lowest BCUT2D eigenvalue weighted by Crippen LogP contribution is -2.40. The molecule has 1 aliphatic carbocycles. The number of benzene rings is 1. The summed E-state index contributed by atoms with van der Waals surface area (Å²) in [5.74, 6) is 0.773. The number of para-hydroxylation sites is 1. The van der Waals surface area contributed by atoms with Crippen molar-refractivity contribution < 1.29 is 0 Å². The Morgan fingerprint density at radius 1 is 1.38 bits per heavy atom. The average Bonchev–Trinajstić information content (AvgIpc) is 2.82. The molecule has 2 heteroatoms. The van der Waals surface area contributed by atoms with E-state index in [1.807, 2.05) is 0 Å². The van der Waals surface area contributed by atoms with E-state index in [-0.39, 0.29) is 6.04 Å². The van der Waals surface area contributed by atoms with Crippen LogP contribution in [0.2, 0.25) is 0 Å². The second-order valence-electron chi connectivity index (χ2n) is 5.29. The second-order valence-corrected chi connectivity index (χ2v) is 5.29. The third-order valence-corrected chi connectivity index (χ3v) is 4.01. The van der Waals surface area contributed by atoms with Crippen LogP contribution in [0, 0.1) is 0 Å². The summed E-state index contributed by atoms with van der Waals surface area (Å²) in [4.78, 5) is 2.55. The minimum atomic E-state index is 0.257. The van der Waals surface area contributed by atoms with Crippen LogP contribution in [0.1, 0.15) is 37.7 Å². The van der Waals surface area contributed by atoms with Gasteiger partial charge in [-0.2, -0.15) is 0 Å². The van der Waals surface area contributed by atoms with Gasteiger partial charge in [0.25, 0.3) is 0 Å². The first-order valence-electron chi connectivity index (χ1n) is 6.38. The van der Waals surface area contributed by atoms with Gasteiger partial charge in [0.15, 0.2) is 0 Å². The van der Waals surface area contributed by atoms with E-state index in [0.29, 0.717) is 0 Å². The number of nitrogens with two attached hydrogens (primary N) is 1. The van der Waals surface area contributed by atoms with Gasteiger partial charge in [0.05, 0.1) is 0 Å². The Bertz CT molecular complexity index is 386. The van der Waals surface area contributed by atoms with Crippen LogP contribution < -0.4 is 10.6 Å². The molecule has 0 spiro atoms. The molecule has 1 saturated carbocycles. The largest absolute Gasteiger partial charge is 0.366 e. The summed E-state index contributed by atoms with van der Waals surface area (Å²) < 4.78 is 0. The zero-order valence-electron chi connectivity index (χ0n) is 9.89. The summed E-state index contributed by atoms with van der Waals surface area (Å²) in [6.45, 7) is 3.10. The molecule has 3 atom stereocenters. The average molecular weight is 216 g/mol. The Labute approximate surface area is 97.4 Å². The fourth-order valence-electron chi connectivity index (χ4n) is 3.46. The predicted molar refractivity (Wildman–Crippen MR) is 67.8 cm³/mol. The quantitative estimate of drug-likeness (QED) is 0.823. The maximum atomic E-state index is 5.97. The Hall–Kier alpha value is -1.02. The molecule has 2 aliphatic rings. The van der Waals surface area contributed by atoms with Crippen molar-refractivity contribution in [3.05, 3.63) is 29.8 Å². The number of fused-ring (bicyclic) bond motifs is 3. The molecular formula is C14H20N2. The Morgan fingerprint density at radius 3 is 3.00 bits per heavy atom. The molecule has 16 heavy (non-hydrogen) atoms. The molecule has 1 fully saturated rings. The summed E-state index contributed by atoms with van der Waals surface area (Å²) >= 11 is 0. The van der Waals surface area contributed by atoms with E-state index < -0.39 is 0 Å². The molecule has 1 aromatic carbocycles. The molecule has 0 saturated heterocycles. The molecular weight excluding hydrogens is 196 g/mol. The summed E-state index contributed by atoms with van der Waals surface area (Å²) in [6.07, 6.45) is 4.07. The summed E-state index contributed by atoms with van der Waals surface area (Å²) in [5, 5.41) is 0. The Kier molecular flexibility index (Phi) is 2.40. The van der Waals surface area contributed by atoms with Crippen LogP contribution in [0.5, 0.6) is 0 Å². The van der Waals surface area contributed by atoms with Crippen molar-refractivity contribution in [3.8, 4) is 0 Å². The van der Waals surface area contributed by atoms with Crippen LogP contribution in [0.4, 0.5) is 5.69 Å². The highest BCUT2D eigenvalue weighted by Crippen LogP contribution is 2.48. The van der Waals surface area contributed by atoms with Gasteiger partial charge in [0.1, 0.15) is 0 Å². The molecule has 3 unspecified atom stereocenters. The highest BCUT2D eigenvalue weighted by molar-refractivity contribution is 5.62. The molecule has 86 valence electrons. The first kappa shape index (κ1) is 10.2. The van der Waals surface area contributed by atoms with Gasteiger partial charge in [0, 0.05) is 30.2 Å². The van der Waals surface area contributed by atoms with Crippen LogP contribution in [-0.4, -0.2) is 18.6 Å². The Balaban J connectivity index is 1.98. The van der Waals surface area contributed by atoms with Gasteiger partial charge in [-0.3, -0.25) is 0 Å². The van der Waals surface area contributed by atoms with Gasteiger partial charge in [-0.25, -0.2) is 0 Å². The minimum absolute atomic E-state index is 0.257. The van der Waals surface area contributed by atoms with Gasteiger partial charge < -0.3 is 10.6 Å². The lowest BCUT2D eigenvalue weighted by molar-refractivity contribution is 0.562. The number of hydrogen-bond donors (Lipinski definition) is 1. The fourth-order valence-corrected chi connectivity index (χ4v) is 3.46. The third-order valence-electron chi connectivity index (χ3n) is 4.01. The molecule has 0 amide bonds. The minimum Gasteiger partial charge on any atom is -0.366 e. The van der Waals surface area contributed by atoms with Crippen molar-refractivity contribution in [3.63, 3.8) is 0 Å². The zero-order chi connectivity index (χ0) is 11.1. The number of hydrogen-bond acceptors (Lipinski definition) is 2. The van der Waals surface area contributed by atoms with E-state index in [2.05, 4.69) is 36.1 Å². The van der Waals surface area contributed by atoms with E-state index in [9.17, 15) is 0 Å². The SMILES string of the molecule is CC(N)CN1c2ccccc2C2CCCC21. The van der Waals surface area contributed by atoms with Crippen LogP contribution in [-0.2, 0) is 0 Å². The van der Waals surface area contributed by atoms with E-state index in [1.165, 1.54) is 24.9 Å². The molecule has 0 radical (unpaired) electrons. The van der Waals surface area contributed by atoms with Crippen molar-refractivity contribution in [2.24, 2.45) is 5.73 Å². The van der Waals surface area contributed by atoms with Crippen molar-refractivity contribution >= 4 is 5.69 Å². The topological polar surface area (TPSA) is 29.3 Å². The maximum Gasteiger partial charge on any atom is 0.0405 e. The van der Waals surface area contributed by atoms with Crippen molar-refractivity contribution in [1.82, 2.24) is 0 Å². The van der Waals surface area contributed by atoms with Gasteiger partial charge in [-0.15, -0.1) is 0 Å². The zero-order valence-corrected chi connectivity index (χ0v) is 9.89. The molecule has 0 bridgehead atoms. The molecule has 1 heterocycles. The van der Waals surface area contributed by atoms with E-state index >= 15 is 0 Å². The van der Waals surface area contributed by atoms with E-state index in [1.54, 1.807) is 5.56 Å². The van der Waals surface area contributed by atoms with Crippen molar-refractivity contribution in [2.75, 3.05) is 11.4 Å². The number of rotatable bonds is 2. The Morgan fingerprint density at radius 2 is 2.19 bits per heavy atom. The smallest absolute Gasteiger partial charge is 0.0405 e. The maximum absolute atomic E-state index is 5.97. The molecule has 2 N–H and O–H groups in total. The van der Waals surface area contributed by atoms with Crippen LogP contribution >= 0.6 is 0 Å². The van der Waals surface area contributed by atoms with Gasteiger partial charge in [0.2, 0.25) is 0 Å². The summed E-state index contributed by atoms with van der Waals surface area (Å²) in [6, 6.07) is 9.86. The van der Waals surface area contributed by atoms with Gasteiger partial charge in [-0.1, -0.05) is 24.6 Å². The standard InChI is InChI=1S/C14H20N2/c1-10(15)9-16-13-7-3-2-5-11(13)12-6-4-8-14(12)16/h2-3,5,7,10,12,14H,4,6,8-9,15H2,1H3. The van der Waals surface area contributed by atoms with E-state index in [4.69, 9.17) is 5.73 Å². The highest BCUT2D eigenvalue weighted by atomic mass is 15.2. The second kappa shape index (κ2) is 3.77. The lowest BCUT2D eigenvalue weighted by Gasteiger charge is -2.28. The monoisotopic (exact) mass is 216 g/mol. The number of nitrogens with zero attached hydrogens (tertiary/aromatic N) is 1. The molecule has 1 aliphatic heterocycles. The van der Waals surface area contributed by atoms with E-state index in [0.717, 1.165) is 18.5 Å². The van der Waals surface area contributed by atoms with Gasteiger partial charge >= 0.3 is 0 Å². The third kappa shape index (κ3) is 1.44. The molecule has 0 aromatic heterocycles. The fraction of sp³-hybridized carbons (Fsp3) is 0.571. The highest BCUT2D eigenvalue weighted by Gasteiger charge is 2.40. The molecule has 1 aromatic rings. The molecule has 2 nitrogen and oxygen atoms in total. The van der Waals surface area contributed by atoms with Crippen LogP contribution in [0.25, 0.3) is 0 Å². The van der Waals surface area contributed by atoms with Crippen molar-refractivity contribution in [1.29, 1.82) is 0 Å². The summed E-state index contributed by atoms with van der Waals surface area (Å²) in [7, 11) is 0. The predicted octanol–water partition coefficient (Wildman–Crippen LogP) is 2.49. The molecule has 3 rings (SSSR count). The lowest BCUT2D eigenvalue weighted by atomic mass is 9.98. The first-order chi connectivity index (χ1) is 7.77. The van der Waals surface area contributed by atoms with Gasteiger partial charge in [-0.05, 0) is 31.4 Å².